The van der Waals surface area contributed by atoms with Crippen molar-refractivity contribution in [3.63, 3.8) is 0 Å². The van der Waals surface area contributed by atoms with Gasteiger partial charge in [0.05, 0.1) is 6.07 Å². The van der Waals surface area contributed by atoms with Crippen LogP contribution in [0.2, 0.25) is 0 Å². The van der Waals surface area contributed by atoms with E-state index in [1.807, 2.05) is 0 Å². The number of hydrogen-bond acceptors (Lipinski definition) is 3. The molecule has 3 nitrogen and oxygen atoms in total. The van der Waals surface area contributed by atoms with Crippen molar-refractivity contribution in [2.24, 2.45) is 22.7 Å². The van der Waals surface area contributed by atoms with E-state index in [9.17, 15) is 10.1 Å². The number of carbonyl (C=O) groups excluding carboxylic acids is 1. The molecule has 4 atom stereocenters. The summed E-state index contributed by atoms with van der Waals surface area (Å²) in [5.74, 6) is 0.365. The van der Waals surface area contributed by atoms with Gasteiger partial charge in [-0.05, 0) is 24.2 Å². The van der Waals surface area contributed by atoms with Crippen LogP contribution in [0.5, 0.6) is 0 Å². The average molecular weight is 191 g/mol. The van der Waals surface area contributed by atoms with Crippen molar-refractivity contribution in [3.05, 3.63) is 0 Å². The molecule has 1 saturated heterocycles. The summed E-state index contributed by atoms with van der Waals surface area (Å²) < 4.78 is 5.31. The van der Waals surface area contributed by atoms with Crippen LogP contribution in [0.3, 0.4) is 0 Å². The molecule has 2 saturated carbocycles. The molecule has 3 aliphatic rings. The Bertz CT molecular complexity index is 368. The molecule has 3 fully saturated rings. The third-order valence-corrected chi connectivity index (χ3v) is 4.66. The van der Waals surface area contributed by atoms with E-state index in [0.29, 0.717) is 5.92 Å². The first-order valence-electron chi connectivity index (χ1n) is 5.15. The van der Waals surface area contributed by atoms with Crippen molar-refractivity contribution in [1.29, 1.82) is 5.26 Å². The average Bonchev–Trinajstić information content (AvgIpc) is 2.56. The number of nitriles is 1. The van der Waals surface area contributed by atoms with Gasteiger partial charge in [-0.25, -0.2) is 0 Å². The normalized spacial score (nSPS) is 51.8. The van der Waals surface area contributed by atoms with E-state index in [4.69, 9.17) is 4.74 Å². The Kier molecular flexibility index (Phi) is 1.17. The van der Waals surface area contributed by atoms with E-state index in [-0.39, 0.29) is 23.4 Å². The van der Waals surface area contributed by atoms with Gasteiger partial charge in [0.1, 0.15) is 6.10 Å². The highest BCUT2D eigenvalue weighted by atomic mass is 16.6. The highest BCUT2D eigenvalue weighted by Gasteiger charge is 2.74. The minimum Gasteiger partial charge on any atom is -0.461 e. The van der Waals surface area contributed by atoms with Crippen LogP contribution in [0.15, 0.2) is 0 Å². The molecule has 2 aliphatic carbocycles. The Hall–Kier alpha value is -1.04. The highest BCUT2D eigenvalue weighted by Crippen LogP contribution is 2.69. The van der Waals surface area contributed by atoms with Crippen LogP contribution in [0.4, 0.5) is 0 Å². The molecule has 0 N–H and O–H groups in total. The smallest absolute Gasteiger partial charge is 0.327 e. The van der Waals surface area contributed by atoms with E-state index >= 15 is 0 Å². The molecule has 0 spiro atoms. The zero-order valence-electron chi connectivity index (χ0n) is 8.41. The standard InChI is InChI=1S/C11H13NO2/c1-10(2)6-3-7-8(10)11(4-6,5-12)9(13)14-7/h6-8H,3-4H2,1-2H3. The fourth-order valence-corrected chi connectivity index (χ4v) is 4.00. The van der Waals surface area contributed by atoms with Gasteiger partial charge < -0.3 is 4.74 Å². The maximum Gasteiger partial charge on any atom is 0.327 e. The third kappa shape index (κ3) is 0.589. The Balaban J connectivity index is 2.19. The van der Waals surface area contributed by atoms with Gasteiger partial charge in [-0.1, -0.05) is 13.8 Å². The lowest BCUT2D eigenvalue weighted by Gasteiger charge is -2.25. The predicted octanol–water partition coefficient (Wildman–Crippen LogP) is 1.49. The summed E-state index contributed by atoms with van der Waals surface area (Å²) in [5, 5.41) is 9.22. The van der Waals surface area contributed by atoms with Gasteiger partial charge in [0.15, 0.2) is 5.41 Å². The summed E-state index contributed by atoms with van der Waals surface area (Å²) in [5.41, 5.74) is -0.691. The Labute approximate surface area is 83.0 Å². The molecule has 0 amide bonds. The molecule has 3 heteroatoms. The molecule has 0 radical (unpaired) electrons. The van der Waals surface area contributed by atoms with Gasteiger partial charge in [0, 0.05) is 5.92 Å². The fourth-order valence-electron chi connectivity index (χ4n) is 4.00. The van der Waals surface area contributed by atoms with Gasteiger partial charge in [-0.2, -0.15) is 5.26 Å². The fraction of sp³-hybridized carbons (Fsp3) is 0.818. The largest absolute Gasteiger partial charge is 0.461 e. The Morgan fingerprint density at radius 1 is 1.57 bits per heavy atom. The quantitative estimate of drug-likeness (QED) is 0.545. The molecule has 14 heavy (non-hydrogen) atoms. The van der Waals surface area contributed by atoms with Gasteiger partial charge in [-0.15, -0.1) is 0 Å². The number of fused-ring (bicyclic) bond motifs is 1. The second kappa shape index (κ2) is 1.98. The van der Waals surface area contributed by atoms with Crippen molar-refractivity contribution in [2.45, 2.75) is 32.8 Å². The van der Waals surface area contributed by atoms with Crippen LogP contribution in [-0.2, 0) is 9.53 Å². The van der Waals surface area contributed by atoms with Crippen molar-refractivity contribution < 1.29 is 9.53 Å². The number of hydrogen-bond donors (Lipinski definition) is 0. The second-order valence-electron chi connectivity index (χ2n) is 5.46. The lowest BCUT2D eigenvalue weighted by molar-refractivity contribution is -0.145. The maximum absolute atomic E-state index is 11.7. The van der Waals surface area contributed by atoms with Crippen molar-refractivity contribution in [1.82, 2.24) is 0 Å². The van der Waals surface area contributed by atoms with Crippen LogP contribution in [-0.4, -0.2) is 12.1 Å². The maximum atomic E-state index is 11.7. The summed E-state index contributed by atoms with van der Waals surface area (Å²) in [6.45, 7) is 4.34. The van der Waals surface area contributed by atoms with Crippen LogP contribution in [0.25, 0.3) is 0 Å². The number of rotatable bonds is 0. The van der Waals surface area contributed by atoms with E-state index < -0.39 is 5.41 Å². The van der Waals surface area contributed by atoms with Crippen molar-refractivity contribution in [3.8, 4) is 6.07 Å². The lowest BCUT2D eigenvalue weighted by Crippen LogP contribution is -2.33. The lowest BCUT2D eigenvalue weighted by atomic mass is 9.72. The molecule has 2 bridgehead atoms. The summed E-state index contributed by atoms with van der Waals surface area (Å²) in [7, 11) is 0. The Morgan fingerprint density at radius 3 is 2.79 bits per heavy atom. The van der Waals surface area contributed by atoms with E-state index in [2.05, 4.69) is 19.9 Å². The van der Waals surface area contributed by atoms with Gasteiger partial charge in [0.25, 0.3) is 0 Å². The molecule has 74 valence electrons. The second-order valence-corrected chi connectivity index (χ2v) is 5.46. The molecule has 3 rings (SSSR count). The molecule has 0 aromatic heterocycles. The van der Waals surface area contributed by atoms with E-state index in [1.165, 1.54) is 0 Å². The zero-order chi connectivity index (χ0) is 10.1. The third-order valence-electron chi connectivity index (χ3n) is 4.66. The molecule has 1 heterocycles. The minimum atomic E-state index is -0.795. The van der Waals surface area contributed by atoms with Crippen molar-refractivity contribution >= 4 is 5.97 Å². The van der Waals surface area contributed by atoms with Crippen LogP contribution < -0.4 is 0 Å². The zero-order valence-corrected chi connectivity index (χ0v) is 8.41. The van der Waals surface area contributed by atoms with Crippen molar-refractivity contribution in [2.75, 3.05) is 0 Å². The number of esters is 1. The summed E-state index contributed by atoms with van der Waals surface area (Å²) in [6, 6.07) is 2.23. The molecule has 1 aliphatic heterocycles. The SMILES string of the molecule is CC1(C)C2CC3OC(=O)C(C#N)(C2)C31. The summed E-state index contributed by atoms with van der Waals surface area (Å²) in [6.07, 6.45) is 1.71. The first-order chi connectivity index (χ1) is 6.52. The van der Waals surface area contributed by atoms with Crippen LogP contribution >= 0.6 is 0 Å². The van der Waals surface area contributed by atoms with Gasteiger partial charge in [0.2, 0.25) is 0 Å². The molecule has 4 unspecified atom stereocenters. The molecule has 0 aromatic carbocycles. The van der Waals surface area contributed by atoms with E-state index in [1.54, 1.807) is 0 Å². The Morgan fingerprint density at radius 2 is 2.29 bits per heavy atom. The number of nitrogens with zero attached hydrogens (tertiary/aromatic N) is 1. The summed E-state index contributed by atoms with van der Waals surface area (Å²) in [4.78, 5) is 11.7. The molecule has 0 aromatic rings. The summed E-state index contributed by atoms with van der Waals surface area (Å²) >= 11 is 0. The molecular weight excluding hydrogens is 178 g/mol. The number of ether oxygens (including phenoxy) is 1. The first-order valence-corrected chi connectivity index (χ1v) is 5.15. The van der Waals surface area contributed by atoms with Gasteiger partial charge >= 0.3 is 5.97 Å². The predicted molar refractivity (Wildman–Crippen MR) is 47.9 cm³/mol. The van der Waals surface area contributed by atoms with Crippen LogP contribution in [0.1, 0.15) is 26.7 Å². The first kappa shape index (κ1) is 8.28. The minimum absolute atomic E-state index is 0.0240. The topological polar surface area (TPSA) is 50.1 Å². The van der Waals surface area contributed by atoms with E-state index in [0.717, 1.165) is 12.8 Å². The van der Waals surface area contributed by atoms with Crippen LogP contribution in [0, 0.1) is 34.0 Å². The molecular formula is C11H13NO2. The van der Waals surface area contributed by atoms with Gasteiger partial charge in [-0.3, -0.25) is 4.79 Å². The number of carbonyl (C=O) groups is 1. The monoisotopic (exact) mass is 191 g/mol. The highest BCUT2D eigenvalue weighted by molar-refractivity contribution is 5.84.